The maximum atomic E-state index is 11.1. The standard InChI is InChI=1S/C15H11N3O6/c19-16(20)12-9-14(17(21)22)13(15(10-12)18(23)24)8-4-7-11-5-2-1-3-6-11/h1-7,9-10H,8H2/b7-4+. The van der Waals surface area contributed by atoms with Gasteiger partial charge in [0.2, 0.25) is 0 Å². The average molecular weight is 329 g/mol. The molecule has 0 aliphatic heterocycles. The topological polar surface area (TPSA) is 129 Å². The number of rotatable bonds is 6. The zero-order valence-corrected chi connectivity index (χ0v) is 12.2. The maximum Gasteiger partial charge on any atom is 0.286 e. The van der Waals surface area contributed by atoms with E-state index in [0.29, 0.717) is 0 Å². The van der Waals surface area contributed by atoms with Gasteiger partial charge >= 0.3 is 0 Å². The lowest BCUT2D eigenvalue weighted by Crippen LogP contribution is -2.02. The first-order valence-electron chi connectivity index (χ1n) is 6.72. The Hall–Kier alpha value is -3.62. The lowest BCUT2D eigenvalue weighted by Gasteiger charge is -2.02. The van der Waals surface area contributed by atoms with Crippen LogP contribution in [0.4, 0.5) is 17.1 Å². The highest BCUT2D eigenvalue weighted by Gasteiger charge is 2.29. The minimum atomic E-state index is -0.899. The third-order valence-corrected chi connectivity index (χ3v) is 3.22. The molecule has 9 heteroatoms. The van der Waals surface area contributed by atoms with Gasteiger partial charge in [-0.1, -0.05) is 42.5 Å². The molecule has 122 valence electrons. The Labute approximate surface area is 135 Å². The Kier molecular flexibility index (Phi) is 4.95. The normalized spacial score (nSPS) is 10.7. The van der Waals surface area contributed by atoms with Crippen LogP contribution in [0.15, 0.2) is 48.5 Å². The van der Waals surface area contributed by atoms with E-state index in [0.717, 1.165) is 17.7 Å². The van der Waals surface area contributed by atoms with Crippen molar-refractivity contribution in [1.29, 1.82) is 0 Å². The zero-order valence-electron chi connectivity index (χ0n) is 12.2. The molecule has 0 radical (unpaired) electrons. The summed E-state index contributed by atoms with van der Waals surface area (Å²) in [5.74, 6) is 0. The molecule has 0 aliphatic rings. The van der Waals surface area contributed by atoms with E-state index in [4.69, 9.17) is 0 Å². The molecule has 0 spiro atoms. The number of benzene rings is 2. The van der Waals surface area contributed by atoms with Crippen molar-refractivity contribution in [3.63, 3.8) is 0 Å². The van der Waals surface area contributed by atoms with Gasteiger partial charge in [-0.25, -0.2) is 0 Å². The number of allylic oxidation sites excluding steroid dienone is 1. The second kappa shape index (κ2) is 7.09. The van der Waals surface area contributed by atoms with Crippen molar-refractivity contribution in [1.82, 2.24) is 0 Å². The van der Waals surface area contributed by atoms with Gasteiger partial charge in [-0.2, -0.15) is 0 Å². The lowest BCUT2D eigenvalue weighted by molar-refractivity contribution is -0.404. The Morgan fingerprint density at radius 3 is 1.83 bits per heavy atom. The van der Waals surface area contributed by atoms with Crippen molar-refractivity contribution >= 4 is 23.1 Å². The van der Waals surface area contributed by atoms with Gasteiger partial charge in [0.25, 0.3) is 17.1 Å². The molecule has 0 bridgehead atoms. The Morgan fingerprint density at radius 2 is 1.38 bits per heavy atom. The number of nitro benzene ring substituents is 3. The summed E-state index contributed by atoms with van der Waals surface area (Å²) in [4.78, 5) is 30.5. The molecule has 24 heavy (non-hydrogen) atoms. The van der Waals surface area contributed by atoms with Crippen LogP contribution in [0, 0.1) is 30.3 Å². The summed E-state index contributed by atoms with van der Waals surface area (Å²) in [5.41, 5.74) is -1.33. The van der Waals surface area contributed by atoms with Crippen molar-refractivity contribution in [2.24, 2.45) is 0 Å². The minimum absolute atomic E-state index is 0.0977. The second-order valence-corrected chi connectivity index (χ2v) is 4.75. The Morgan fingerprint density at radius 1 is 0.833 bits per heavy atom. The molecule has 0 heterocycles. The van der Waals surface area contributed by atoms with Crippen LogP contribution < -0.4 is 0 Å². The highest BCUT2D eigenvalue weighted by molar-refractivity contribution is 5.62. The van der Waals surface area contributed by atoms with Gasteiger partial charge in [0.15, 0.2) is 0 Å². The highest BCUT2D eigenvalue weighted by Crippen LogP contribution is 2.34. The van der Waals surface area contributed by atoms with Crippen molar-refractivity contribution < 1.29 is 14.8 Å². The number of nitro groups is 3. The fraction of sp³-hybridized carbons (Fsp3) is 0.0667. The minimum Gasteiger partial charge on any atom is -0.258 e. The molecule has 2 aromatic rings. The summed E-state index contributed by atoms with van der Waals surface area (Å²) < 4.78 is 0. The molecule has 2 aromatic carbocycles. The van der Waals surface area contributed by atoms with Crippen molar-refractivity contribution in [2.75, 3.05) is 0 Å². The van der Waals surface area contributed by atoms with Crippen LogP contribution in [0.3, 0.4) is 0 Å². The molecular formula is C15H11N3O6. The number of hydrogen-bond acceptors (Lipinski definition) is 6. The van der Waals surface area contributed by atoms with Gasteiger partial charge in [0, 0.05) is 6.42 Å². The summed E-state index contributed by atoms with van der Waals surface area (Å²) in [6.07, 6.45) is 3.10. The molecule has 0 N–H and O–H groups in total. The Bertz CT molecular complexity index is 797. The van der Waals surface area contributed by atoms with Crippen molar-refractivity contribution in [3.8, 4) is 0 Å². The quantitative estimate of drug-likeness (QED) is 0.587. The van der Waals surface area contributed by atoms with Crippen LogP contribution in [0.25, 0.3) is 6.08 Å². The van der Waals surface area contributed by atoms with E-state index in [1.54, 1.807) is 30.3 Å². The molecule has 0 amide bonds. The molecule has 0 aromatic heterocycles. The van der Waals surface area contributed by atoms with E-state index in [9.17, 15) is 30.3 Å². The van der Waals surface area contributed by atoms with Gasteiger partial charge in [-0.15, -0.1) is 0 Å². The molecule has 0 saturated heterocycles. The second-order valence-electron chi connectivity index (χ2n) is 4.75. The summed E-state index contributed by atoms with van der Waals surface area (Å²) in [6, 6.07) is 10.5. The smallest absolute Gasteiger partial charge is 0.258 e. The van der Waals surface area contributed by atoms with Crippen LogP contribution in [0.2, 0.25) is 0 Å². The van der Waals surface area contributed by atoms with Gasteiger partial charge in [-0.05, 0) is 5.56 Å². The van der Waals surface area contributed by atoms with E-state index >= 15 is 0 Å². The van der Waals surface area contributed by atoms with Crippen LogP contribution in [-0.2, 0) is 6.42 Å². The van der Waals surface area contributed by atoms with E-state index in [1.165, 1.54) is 6.08 Å². The number of hydrogen-bond donors (Lipinski definition) is 0. The maximum absolute atomic E-state index is 11.1. The van der Waals surface area contributed by atoms with Crippen molar-refractivity contribution in [3.05, 3.63) is 90.0 Å². The molecule has 0 aliphatic carbocycles. The Balaban J connectivity index is 2.46. The molecule has 2 rings (SSSR count). The van der Waals surface area contributed by atoms with E-state index in [2.05, 4.69) is 0 Å². The van der Waals surface area contributed by atoms with E-state index in [1.807, 2.05) is 6.07 Å². The number of non-ortho nitro benzene ring substituents is 1. The summed E-state index contributed by atoms with van der Waals surface area (Å²) >= 11 is 0. The largest absolute Gasteiger partial charge is 0.286 e. The molecule has 9 nitrogen and oxygen atoms in total. The monoisotopic (exact) mass is 329 g/mol. The SMILES string of the molecule is O=[N+]([O-])c1cc([N+](=O)[O-])c(C/C=C/c2ccccc2)c([N+](=O)[O-])c1. The third-order valence-electron chi connectivity index (χ3n) is 3.22. The first-order valence-corrected chi connectivity index (χ1v) is 6.72. The van der Waals surface area contributed by atoms with Crippen LogP contribution >= 0.6 is 0 Å². The molecule has 0 saturated carbocycles. The molecule has 0 atom stereocenters. The molecule has 0 unspecified atom stereocenters. The van der Waals surface area contributed by atoms with Gasteiger partial charge < -0.3 is 0 Å². The van der Waals surface area contributed by atoms with Crippen LogP contribution in [0.5, 0.6) is 0 Å². The fourth-order valence-corrected chi connectivity index (χ4v) is 2.14. The number of nitrogens with zero attached hydrogens (tertiary/aromatic N) is 3. The van der Waals surface area contributed by atoms with E-state index < -0.39 is 31.8 Å². The van der Waals surface area contributed by atoms with Gasteiger partial charge in [0.1, 0.15) is 5.56 Å². The highest BCUT2D eigenvalue weighted by atomic mass is 16.6. The predicted octanol–water partition coefficient (Wildman–Crippen LogP) is 3.67. The first kappa shape index (κ1) is 16.7. The predicted molar refractivity (Wildman–Crippen MR) is 85.6 cm³/mol. The van der Waals surface area contributed by atoms with Gasteiger partial charge in [-0.3, -0.25) is 30.3 Å². The van der Waals surface area contributed by atoms with E-state index in [-0.39, 0.29) is 12.0 Å². The summed E-state index contributed by atoms with van der Waals surface area (Å²) in [5, 5.41) is 33.1. The third kappa shape index (κ3) is 3.77. The summed E-state index contributed by atoms with van der Waals surface area (Å²) in [7, 11) is 0. The fourth-order valence-electron chi connectivity index (χ4n) is 2.14. The molecule has 0 fully saturated rings. The molecular weight excluding hydrogens is 318 g/mol. The zero-order chi connectivity index (χ0) is 17.7. The average Bonchev–Trinajstić information content (AvgIpc) is 2.55. The summed E-state index contributed by atoms with van der Waals surface area (Å²) in [6.45, 7) is 0. The van der Waals surface area contributed by atoms with Crippen LogP contribution in [0.1, 0.15) is 11.1 Å². The lowest BCUT2D eigenvalue weighted by atomic mass is 10.0. The first-order chi connectivity index (χ1) is 11.4. The van der Waals surface area contributed by atoms with Crippen molar-refractivity contribution in [2.45, 2.75) is 6.42 Å². The van der Waals surface area contributed by atoms with Gasteiger partial charge in [0.05, 0.1) is 26.9 Å². The van der Waals surface area contributed by atoms with Crippen LogP contribution in [-0.4, -0.2) is 14.8 Å².